The molecule has 1 aliphatic rings. The zero-order chi connectivity index (χ0) is 12.2. The average molecular weight is 229 g/mol. The monoisotopic (exact) mass is 229 g/mol. The molecule has 0 aromatic carbocycles. The van der Waals surface area contributed by atoms with Crippen molar-refractivity contribution < 1.29 is 9.47 Å². The molecule has 0 radical (unpaired) electrons. The Hall–Kier alpha value is -0.120. The van der Waals surface area contributed by atoms with Gasteiger partial charge < -0.3 is 15.2 Å². The number of hydrogen-bond donors (Lipinski definition) is 1. The van der Waals surface area contributed by atoms with Crippen molar-refractivity contribution in [3.63, 3.8) is 0 Å². The molecule has 0 aromatic rings. The van der Waals surface area contributed by atoms with Gasteiger partial charge in [0.05, 0.1) is 12.7 Å². The van der Waals surface area contributed by atoms with E-state index in [2.05, 4.69) is 20.8 Å². The van der Waals surface area contributed by atoms with Gasteiger partial charge in [-0.25, -0.2) is 0 Å². The Morgan fingerprint density at radius 2 is 1.88 bits per heavy atom. The van der Waals surface area contributed by atoms with Gasteiger partial charge in [0.25, 0.3) is 0 Å². The molecule has 1 heterocycles. The summed E-state index contributed by atoms with van der Waals surface area (Å²) < 4.78 is 11.4. The third-order valence-electron chi connectivity index (χ3n) is 3.18. The van der Waals surface area contributed by atoms with Gasteiger partial charge in [-0.1, -0.05) is 20.8 Å². The summed E-state index contributed by atoms with van der Waals surface area (Å²) in [5.41, 5.74) is 6.10. The predicted octanol–water partition coefficient (Wildman–Crippen LogP) is 2.19. The molecule has 0 spiro atoms. The maximum atomic E-state index is 6.03. The highest BCUT2D eigenvalue weighted by molar-refractivity contribution is 4.82. The summed E-state index contributed by atoms with van der Waals surface area (Å²) in [4.78, 5) is 0. The fourth-order valence-corrected chi connectivity index (χ4v) is 2.34. The van der Waals surface area contributed by atoms with Crippen LogP contribution in [-0.2, 0) is 9.47 Å². The van der Waals surface area contributed by atoms with Crippen LogP contribution in [0.3, 0.4) is 0 Å². The van der Waals surface area contributed by atoms with Gasteiger partial charge in [-0.2, -0.15) is 0 Å². The lowest BCUT2D eigenvalue weighted by molar-refractivity contribution is -0.0607. The van der Waals surface area contributed by atoms with Crippen molar-refractivity contribution in [1.82, 2.24) is 0 Å². The molecule has 1 saturated heterocycles. The Labute approximate surface area is 99.7 Å². The molecule has 2 unspecified atom stereocenters. The van der Waals surface area contributed by atoms with Crippen molar-refractivity contribution in [2.75, 3.05) is 19.8 Å². The number of rotatable bonds is 4. The maximum Gasteiger partial charge on any atom is 0.0771 e. The molecule has 96 valence electrons. The molecule has 16 heavy (non-hydrogen) atoms. The summed E-state index contributed by atoms with van der Waals surface area (Å²) in [5.74, 6) is 0.650. The fraction of sp³-hybridized carbons (Fsp3) is 1.00. The zero-order valence-electron chi connectivity index (χ0n) is 11.2. The van der Waals surface area contributed by atoms with Gasteiger partial charge in [0.2, 0.25) is 0 Å². The van der Waals surface area contributed by atoms with Crippen LogP contribution in [0, 0.1) is 11.3 Å². The van der Waals surface area contributed by atoms with Crippen LogP contribution in [0.25, 0.3) is 0 Å². The molecule has 0 aromatic heterocycles. The summed E-state index contributed by atoms with van der Waals surface area (Å²) in [6.45, 7) is 11.2. The summed E-state index contributed by atoms with van der Waals surface area (Å²) in [6, 6.07) is 0.0832. The molecule has 3 heteroatoms. The van der Waals surface area contributed by atoms with Crippen LogP contribution in [0.5, 0.6) is 0 Å². The van der Waals surface area contributed by atoms with Crippen LogP contribution in [0.2, 0.25) is 0 Å². The van der Waals surface area contributed by atoms with E-state index in [0.29, 0.717) is 5.92 Å². The molecule has 0 bridgehead atoms. The Balaban J connectivity index is 2.37. The first kappa shape index (κ1) is 13.9. The summed E-state index contributed by atoms with van der Waals surface area (Å²) in [7, 11) is 0. The second-order valence-corrected chi connectivity index (χ2v) is 6.03. The third kappa shape index (κ3) is 4.40. The van der Waals surface area contributed by atoms with Crippen molar-refractivity contribution in [2.45, 2.75) is 52.7 Å². The highest BCUT2D eigenvalue weighted by Gasteiger charge is 2.29. The average Bonchev–Trinajstić information content (AvgIpc) is 2.17. The normalized spacial score (nSPS) is 23.1. The van der Waals surface area contributed by atoms with E-state index in [0.717, 1.165) is 32.7 Å². The smallest absolute Gasteiger partial charge is 0.0771 e. The molecule has 3 nitrogen and oxygen atoms in total. The number of ether oxygens (including phenoxy) is 2. The third-order valence-corrected chi connectivity index (χ3v) is 3.18. The van der Waals surface area contributed by atoms with Crippen molar-refractivity contribution >= 4 is 0 Å². The quantitative estimate of drug-likeness (QED) is 0.803. The summed E-state index contributed by atoms with van der Waals surface area (Å²) in [6.07, 6.45) is 2.38. The largest absolute Gasteiger partial charge is 0.381 e. The standard InChI is InChI=1S/C13H27NO2/c1-10(14)12(13(2,3)4)16-9-11-5-7-15-8-6-11/h10-12H,5-9,14H2,1-4H3. The molecule has 0 amide bonds. The van der Waals surface area contributed by atoms with Crippen LogP contribution < -0.4 is 5.73 Å². The minimum Gasteiger partial charge on any atom is -0.381 e. The van der Waals surface area contributed by atoms with E-state index in [1.54, 1.807) is 0 Å². The van der Waals surface area contributed by atoms with E-state index in [-0.39, 0.29) is 17.6 Å². The molecule has 1 fully saturated rings. The Morgan fingerprint density at radius 3 is 2.31 bits per heavy atom. The Morgan fingerprint density at radius 1 is 1.31 bits per heavy atom. The minimum atomic E-state index is 0.0832. The fourth-order valence-electron chi connectivity index (χ4n) is 2.34. The lowest BCUT2D eigenvalue weighted by Gasteiger charge is -2.35. The molecule has 0 aliphatic carbocycles. The van der Waals surface area contributed by atoms with Gasteiger partial charge in [-0.3, -0.25) is 0 Å². The van der Waals surface area contributed by atoms with Crippen molar-refractivity contribution in [3.05, 3.63) is 0 Å². The summed E-state index contributed by atoms with van der Waals surface area (Å²) >= 11 is 0. The van der Waals surface area contributed by atoms with Crippen molar-refractivity contribution in [2.24, 2.45) is 17.1 Å². The van der Waals surface area contributed by atoms with Gasteiger partial charge in [0.15, 0.2) is 0 Å². The Bertz CT molecular complexity index is 193. The lowest BCUT2D eigenvalue weighted by atomic mass is 9.85. The first-order chi connectivity index (χ1) is 7.41. The predicted molar refractivity (Wildman–Crippen MR) is 66.4 cm³/mol. The van der Waals surface area contributed by atoms with Crippen LogP contribution in [-0.4, -0.2) is 32.0 Å². The maximum absolute atomic E-state index is 6.03. The number of nitrogens with two attached hydrogens (primary N) is 1. The van der Waals surface area contributed by atoms with Crippen LogP contribution in [0.1, 0.15) is 40.5 Å². The topological polar surface area (TPSA) is 44.5 Å². The van der Waals surface area contributed by atoms with Crippen LogP contribution >= 0.6 is 0 Å². The van der Waals surface area contributed by atoms with Crippen molar-refractivity contribution in [1.29, 1.82) is 0 Å². The van der Waals surface area contributed by atoms with Gasteiger partial charge >= 0.3 is 0 Å². The van der Waals surface area contributed by atoms with E-state index < -0.39 is 0 Å². The van der Waals surface area contributed by atoms with Gasteiger partial charge in [-0.05, 0) is 31.1 Å². The van der Waals surface area contributed by atoms with E-state index in [9.17, 15) is 0 Å². The molecular formula is C13H27NO2. The highest BCUT2D eigenvalue weighted by Crippen LogP contribution is 2.26. The molecule has 0 saturated carbocycles. The van der Waals surface area contributed by atoms with Crippen molar-refractivity contribution in [3.8, 4) is 0 Å². The van der Waals surface area contributed by atoms with E-state index in [1.807, 2.05) is 6.92 Å². The van der Waals surface area contributed by atoms with E-state index >= 15 is 0 Å². The minimum absolute atomic E-state index is 0.0832. The molecule has 2 N–H and O–H groups in total. The van der Waals surface area contributed by atoms with Gasteiger partial charge in [0.1, 0.15) is 0 Å². The lowest BCUT2D eigenvalue weighted by Crippen LogP contribution is -2.44. The van der Waals surface area contributed by atoms with Gasteiger partial charge in [-0.15, -0.1) is 0 Å². The second-order valence-electron chi connectivity index (χ2n) is 6.03. The zero-order valence-corrected chi connectivity index (χ0v) is 11.2. The first-order valence-electron chi connectivity index (χ1n) is 6.36. The molecule has 2 atom stereocenters. The highest BCUT2D eigenvalue weighted by atomic mass is 16.5. The van der Waals surface area contributed by atoms with Crippen LogP contribution in [0.4, 0.5) is 0 Å². The van der Waals surface area contributed by atoms with E-state index in [1.165, 1.54) is 0 Å². The van der Waals surface area contributed by atoms with E-state index in [4.69, 9.17) is 15.2 Å². The first-order valence-corrected chi connectivity index (χ1v) is 6.36. The summed E-state index contributed by atoms with van der Waals surface area (Å²) in [5, 5.41) is 0. The second kappa shape index (κ2) is 5.99. The number of hydrogen-bond acceptors (Lipinski definition) is 3. The molecule has 1 aliphatic heterocycles. The molecule has 1 rings (SSSR count). The SMILES string of the molecule is CC(N)C(OCC1CCOCC1)C(C)(C)C. The molecular weight excluding hydrogens is 202 g/mol. The van der Waals surface area contributed by atoms with Gasteiger partial charge in [0, 0.05) is 19.3 Å². The van der Waals surface area contributed by atoms with Crippen LogP contribution in [0.15, 0.2) is 0 Å². The Kier molecular flexibility index (Phi) is 5.22.